The lowest BCUT2D eigenvalue weighted by Gasteiger charge is -2.49. The van der Waals surface area contributed by atoms with E-state index in [1.54, 1.807) is 13.8 Å². The molecule has 1 saturated heterocycles. The molecule has 0 aromatic heterocycles. The second-order valence-corrected chi connectivity index (χ2v) is 12.7. The third kappa shape index (κ3) is 4.83. The number of Topliss-reactive ketones (excluding diaryl/α,β-unsaturated/α-hetero) is 3. The molecule has 6 rings (SSSR count). The SMILES string of the molecule is CCC(=O)C1=C(O)[C@@]2(O)C(=O)C3=C(O)c4c(O)ccc(-c5cc(CN6CCOCC6)ccc5CC)c4C[C@H]3CC2[C@H](CC)C1=O. The number of aryl methyl sites for hydroxylation is 1. The van der Waals surface area contributed by atoms with Crippen LogP contribution >= 0.6 is 0 Å². The number of ketones is 3. The molecule has 4 aliphatic rings. The fourth-order valence-electron chi connectivity index (χ4n) is 8.01. The van der Waals surface area contributed by atoms with Gasteiger partial charge in [-0.1, -0.05) is 39.0 Å². The molecule has 0 radical (unpaired) electrons. The van der Waals surface area contributed by atoms with Gasteiger partial charge in [0, 0.05) is 43.5 Å². The number of ether oxygens (including phenoxy) is 1. The number of aliphatic hydroxyl groups excluding tert-OH is 2. The van der Waals surface area contributed by atoms with Gasteiger partial charge in [0.05, 0.1) is 18.8 Å². The van der Waals surface area contributed by atoms with Crippen LogP contribution in [0, 0.1) is 17.8 Å². The second kappa shape index (κ2) is 11.9. The molecule has 1 aliphatic heterocycles. The van der Waals surface area contributed by atoms with Crippen molar-refractivity contribution in [2.24, 2.45) is 17.8 Å². The summed E-state index contributed by atoms with van der Waals surface area (Å²) in [6.07, 6.45) is 1.37. The van der Waals surface area contributed by atoms with E-state index >= 15 is 0 Å². The van der Waals surface area contributed by atoms with Crippen molar-refractivity contribution in [1.82, 2.24) is 4.90 Å². The molecule has 0 amide bonds. The lowest BCUT2D eigenvalue weighted by Crippen LogP contribution is -2.61. The summed E-state index contributed by atoms with van der Waals surface area (Å²) in [5.74, 6) is -6.09. The van der Waals surface area contributed by atoms with Crippen LogP contribution in [-0.2, 0) is 38.5 Å². The maximum absolute atomic E-state index is 14.2. The molecule has 9 nitrogen and oxygen atoms in total. The summed E-state index contributed by atoms with van der Waals surface area (Å²) in [6.45, 7) is 9.24. The first-order valence-electron chi connectivity index (χ1n) is 16.0. The van der Waals surface area contributed by atoms with E-state index in [0.717, 1.165) is 48.3 Å². The van der Waals surface area contributed by atoms with Crippen LogP contribution in [0.2, 0.25) is 0 Å². The van der Waals surface area contributed by atoms with Crippen molar-refractivity contribution in [3.05, 3.63) is 69.5 Å². The van der Waals surface area contributed by atoms with Gasteiger partial charge < -0.3 is 25.2 Å². The molecule has 2 fully saturated rings. The van der Waals surface area contributed by atoms with Crippen molar-refractivity contribution in [3.8, 4) is 16.9 Å². The molecule has 0 spiro atoms. The molecule has 2 aromatic carbocycles. The number of phenolic OH excluding ortho intramolecular Hbond substituents is 1. The van der Waals surface area contributed by atoms with Crippen LogP contribution in [0.4, 0.5) is 0 Å². The van der Waals surface area contributed by atoms with Crippen molar-refractivity contribution in [2.75, 3.05) is 26.3 Å². The lowest BCUT2D eigenvalue weighted by atomic mass is 9.55. The Kier molecular flexibility index (Phi) is 8.22. The van der Waals surface area contributed by atoms with Gasteiger partial charge in [0.1, 0.15) is 22.8 Å². The average molecular weight is 616 g/mol. The van der Waals surface area contributed by atoms with E-state index in [1.165, 1.54) is 6.07 Å². The Morgan fingerprint density at radius 3 is 2.42 bits per heavy atom. The number of fused-ring (bicyclic) bond motifs is 3. The van der Waals surface area contributed by atoms with Crippen molar-refractivity contribution in [3.63, 3.8) is 0 Å². The number of hydrogen-bond acceptors (Lipinski definition) is 9. The van der Waals surface area contributed by atoms with Crippen LogP contribution < -0.4 is 0 Å². The molecule has 4 atom stereocenters. The summed E-state index contributed by atoms with van der Waals surface area (Å²) in [7, 11) is 0. The Labute approximate surface area is 262 Å². The third-order valence-electron chi connectivity index (χ3n) is 10.4. The minimum atomic E-state index is -2.53. The summed E-state index contributed by atoms with van der Waals surface area (Å²) >= 11 is 0. The molecule has 1 unspecified atom stereocenters. The Morgan fingerprint density at radius 2 is 1.76 bits per heavy atom. The highest BCUT2D eigenvalue weighted by molar-refractivity contribution is 6.24. The maximum Gasteiger partial charge on any atom is 0.202 e. The van der Waals surface area contributed by atoms with E-state index in [1.807, 2.05) is 6.07 Å². The predicted molar refractivity (Wildman–Crippen MR) is 168 cm³/mol. The molecule has 2 aromatic rings. The highest BCUT2D eigenvalue weighted by Gasteiger charge is 2.63. The number of hydrogen-bond donors (Lipinski definition) is 4. The minimum absolute atomic E-state index is 0.0789. The van der Waals surface area contributed by atoms with Gasteiger partial charge in [-0.3, -0.25) is 19.3 Å². The lowest BCUT2D eigenvalue weighted by molar-refractivity contribution is -0.153. The molecule has 238 valence electrons. The first-order chi connectivity index (χ1) is 21.6. The Balaban J connectivity index is 1.48. The Hall–Kier alpha value is -3.79. The fourth-order valence-corrected chi connectivity index (χ4v) is 8.01. The topological polar surface area (TPSA) is 145 Å². The van der Waals surface area contributed by atoms with Crippen LogP contribution in [0.25, 0.3) is 16.9 Å². The molecule has 1 heterocycles. The molecule has 3 aliphatic carbocycles. The number of allylic oxidation sites excluding steroid dienone is 1. The zero-order valence-corrected chi connectivity index (χ0v) is 26.1. The van der Waals surface area contributed by atoms with E-state index in [2.05, 4.69) is 30.0 Å². The number of carbonyl (C=O) groups excluding carboxylic acids is 3. The zero-order valence-electron chi connectivity index (χ0n) is 26.1. The summed E-state index contributed by atoms with van der Waals surface area (Å²) in [5.41, 5.74) is 1.73. The van der Waals surface area contributed by atoms with Crippen LogP contribution in [0.5, 0.6) is 5.75 Å². The number of nitrogens with zero attached hydrogens (tertiary/aromatic N) is 1. The normalized spacial score (nSPS) is 26.9. The molecule has 4 N–H and O–H groups in total. The largest absolute Gasteiger partial charge is 0.508 e. The summed E-state index contributed by atoms with van der Waals surface area (Å²) in [4.78, 5) is 42.7. The van der Waals surface area contributed by atoms with Crippen molar-refractivity contribution < 1.29 is 39.5 Å². The third-order valence-corrected chi connectivity index (χ3v) is 10.4. The van der Waals surface area contributed by atoms with E-state index in [-0.39, 0.29) is 42.6 Å². The highest BCUT2D eigenvalue weighted by Crippen LogP contribution is 2.55. The summed E-state index contributed by atoms with van der Waals surface area (Å²) in [5, 5.41) is 45.9. The van der Waals surface area contributed by atoms with E-state index < -0.39 is 57.8 Å². The smallest absolute Gasteiger partial charge is 0.202 e. The molecular formula is C36H41NO8. The number of morpholine rings is 1. The highest BCUT2D eigenvalue weighted by atomic mass is 16.5. The number of carbonyl (C=O) groups is 3. The fraction of sp³-hybridized carbons (Fsp3) is 0.472. The molecular weight excluding hydrogens is 574 g/mol. The standard InChI is InChI=1S/C36H41NO8/c1-4-20-8-7-19(18-37-11-13-45-14-12-37)15-24(20)23-9-10-28(39)30-25(23)16-21-17-26-22(5-2)32(40)31(27(38)6-3)35(43)36(26,44)34(42)29(21)33(30)41/h7-10,15,21-22,26,39,41,43-44H,4-6,11-14,16-18H2,1-3H3/t21-,22-,26?,36-/m0/s1. The van der Waals surface area contributed by atoms with Gasteiger partial charge in [-0.25, -0.2) is 0 Å². The summed E-state index contributed by atoms with van der Waals surface area (Å²) in [6, 6.07) is 9.75. The predicted octanol–water partition coefficient (Wildman–Crippen LogP) is 4.62. The van der Waals surface area contributed by atoms with Gasteiger partial charge in [-0.05, 0) is 71.6 Å². The minimum Gasteiger partial charge on any atom is -0.508 e. The average Bonchev–Trinajstić information content (AvgIpc) is 3.03. The number of aromatic hydroxyl groups is 1. The van der Waals surface area contributed by atoms with Gasteiger partial charge in [0.15, 0.2) is 17.2 Å². The second-order valence-electron chi connectivity index (χ2n) is 12.7. The van der Waals surface area contributed by atoms with Crippen molar-refractivity contribution in [1.29, 1.82) is 0 Å². The zero-order chi connectivity index (χ0) is 32.2. The van der Waals surface area contributed by atoms with Gasteiger partial charge in [-0.15, -0.1) is 0 Å². The maximum atomic E-state index is 14.2. The van der Waals surface area contributed by atoms with Crippen LogP contribution in [-0.4, -0.2) is 74.6 Å². The number of rotatable bonds is 7. The summed E-state index contributed by atoms with van der Waals surface area (Å²) < 4.78 is 5.50. The first-order valence-corrected chi connectivity index (χ1v) is 16.0. The molecule has 9 heteroatoms. The van der Waals surface area contributed by atoms with Gasteiger partial charge in [0.2, 0.25) is 5.78 Å². The Morgan fingerprint density at radius 1 is 1.02 bits per heavy atom. The monoisotopic (exact) mass is 615 g/mol. The van der Waals surface area contributed by atoms with E-state index in [4.69, 9.17) is 4.74 Å². The number of benzene rings is 2. The number of phenols is 1. The Bertz CT molecular complexity index is 1650. The first kappa shape index (κ1) is 31.2. The number of aliphatic hydroxyl groups is 3. The van der Waals surface area contributed by atoms with Crippen LogP contribution in [0.3, 0.4) is 0 Å². The molecule has 1 saturated carbocycles. The quantitative estimate of drug-likeness (QED) is 0.328. The van der Waals surface area contributed by atoms with E-state index in [0.29, 0.717) is 18.8 Å². The van der Waals surface area contributed by atoms with Crippen molar-refractivity contribution in [2.45, 2.75) is 65.0 Å². The van der Waals surface area contributed by atoms with Crippen LogP contribution in [0.1, 0.15) is 62.3 Å². The van der Waals surface area contributed by atoms with E-state index in [9.17, 15) is 34.8 Å². The van der Waals surface area contributed by atoms with Gasteiger partial charge >= 0.3 is 0 Å². The molecule has 0 bridgehead atoms. The van der Waals surface area contributed by atoms with Crippen molar-refractivity contribution >= 4 is 23.1 Å². The van der Waals surface area contributed by atoms with Gasteiger partial charge in [-0.2, -0.15) is 0 Å². The molecule has 45 heavy (non-hydrogen) atoms. The van der Waals surface area contributed by atoms with Gasteiger partial charge in [0.25, 0.3) is 0 Å². The van der Waals surface area contributed by atoms with Crippen LogP contribution in [0.15, 0.2) is 47.2 Å².